The van der Waals surface area contributed by atoms with Gasteiger partial charge in [0.05, 0.1) is 11.3 Å². The van der Waals surface area contributed by atoms with E-state index < -0.39 is 0 Å². The molecule has 0 saturated carbocycles. The summed E-state index contributed by atoms with van der Waals surface area (Å²) >= 11 is 0. The Labute approximate surface area is 110 Å². The molecule has 2 heterocycles. The summed E-state index contributed by atoms with van der Waals surface area (Å²) in [5.74, 6) is -0.303. The molecule has 1 aliphatic heterocycles. The minimum absolute atomic E-state index is 0.0570. The lowest BCUT2D eigenvalue weighted by molar-refractivity contribution is 0.475. The number of nitrogens with zero attached hydrogens (tertiary/aromatic N) is 1. The molecule has 1 aromatic carbocycles. The number of aryl methyl sites for hydroxylation is 1. The van der Waals surface area contributed by atoms with Gasteiger partial charge in [-0.3, -0.25) is 5.10 Å². The van der Waals surface area contributed by atoms with Gasteiger partial charge in [0.15, 0.2) is 0 Å². The lowest BCUT2D eigenvalue weighted by atomic mass is 10.0. The summed E-state index contributed by atoms with van der Waals surface area (Å²) in [6.07, 6.45) is 2.70. The van der Waals surface area contributed by atoms with Crippen molar-refractivity contribution in [3.05, 3.63) is 29.2 Å². The van der Waals surface area contributed by atoms with Crippen LogP contribution in [0.15, 0.2) is 12.1 Å². The van der Waals surface area contributed by atoms with E-state index in [0.717, 1.165) is 30.5 Å². The minimum Gasteiger partial charge on any atom is -0.507 e. The average molecular weight is 261 g/mol. The SMILES string of the molecule is CCCc1[nH]nc2c1CCNc1c(F)ccc(O)c1-2. The van der Waals surface area contributed by atoms with Crippen LogP contribution in [0.3, 0.4) is 0 Å². The van der Waals surface area contributed by atoms with E-state index in [2.05, 4.69) is 22.4 Å². The van der Waals surface area contributed by atoms with Gasteiger partial charge in [0, 0.05) is 17.8 Å². The van der Waals surface area contributed by atoms with Crippen LogP contribution in [0, 0.1) is 5.82 Å². The normalized spacial score (nSPS) is 13.4. The molecule has 0 amide bonds. The van der Waals surface area contributed by atoms with E-state index in [1.807, 2.05) is 0 Å². The number of rotatable bonds is 2. The fourth-order valence-electron chi connectivity index (χ4n) is 2.63. The van der Waals surface area contributed by atoms with Gasteiger partial charge in [-0.25, -0.2) is 4.39 Å². The lowest BCUT2D eigenvalue weighted by Gasteiger charge is -2.09. The summed E-state index contributed by atoms with van der Waals surface area (Å²) in [5, 5.41) is 20.4. The summed E-state index contributed by atoms with van der Waals surface area (Å²) in [6.45, 7) is 2.74. The Morgan fingerprint density at radius 2 is 2.26 bits per heavy atom. The lowest BCUT2D eigenvalue weighted by Crippen LogP contribution is -2.05. The summed E-state index contributed by atoms with van der Waals surface area (Å²) in [7, 11) is 0. The topological polar surface area (TPSA) is 60.9 Å². The maximum Gasteiger partial charge on any atom is 0.147 e. The molecule has 4 nitrogen and oxygen atoms in total. The predicted molar refractivity (Wildman–Crippen MR) is 71.8 cm³/mol. The molecule has 3 N–H and O–H groups in total. The monoisotopic (exact) mass is 261 g/mol. The minimum atomic E-state index is -0.360. The molecule has 3 rings (SSSR count). The molecule has 19 heavy (non-hydrogen) atoms. The number of hydrogen-bond donors (Lipinski definition) is 3. The fourth-order valence-corrected chi connectivity index (χ4v) is 2.63. The molecular weight excluding hydrogens is 245 g/mol. The summed E-state index contributed by atoms with van der Waals surface area (Å²) < 4.78 is 13.9. The zero-order chi connectivity index (χ0) is 13.4. The van der Waals surface area contributed by atoms with Crippen molar-refractivity contribution in [2.45, 2.75) is 26.2 Å². The van der Waals surface area contributed by atoms with Crippen molar-refractivity contribution >= 4 is 5.69 Å². The van der Waals surface area contributed by atoms with Crippen LogP contribution in [0.25, 0.3) is 11.3 Å². The molecule has 0 spiro atoms. The molecular formula is C14H16FN3O. The Hall–Kier alpha value is -2.04. The maximum absolute atomic E-state index is 13.9. The molecule has 100 valence electrons. The van der Waals surface area contributed by atoms with Crippen LogP contribution >= 0.6 is 0 Å². The molecule has 1 aliphatic rings. The number of phenolic OH excluding ortho intramolecular Hbond substituents is 1. The van der Waals surface area contributed by atoms with E-state index in [4.69, 9.17) is 0 Å². The van der Waals surface area contributed by atoms with E-state index in [0.29, 0.717) is 23.5 Å². The Morgan fingerprint density at radius 3 is 3.05 bits per heavy atom. The number of aromatic amines is 1. The number of anilines is 1. The predicted octanol–water partition coefficient (Wildman–Crippen LogP) is 2.84. The van der Waals surface area contributed by atoms with E-state index >= 15 is 0 Å². The van der Waals surface area contributed by atoms with Gasteiger partial charge in [0.25, 0.3) is 0 Å². The van der Waals surface area contributed by atoms with Gasteiger partial charge in [-0.1, -0.05) is 13.3 Å². The third-order valence-electron chi connectivity index (χ3n) is 3.50. The van der Waals surface area contributed by atoms with E-state index in [1.165, 1.54) is 12.1 Å². The van der Waals surface area contributed by atoms with Crippen LogP contribution in [0.5, 0.6) is 5.75 Å². The summed E-state index contributed by atoms with van der Waals surface area (Å²) in [4.78, 5) is 0. The first-order valence-corrected chi connectivity index (χ1v) is 6.54. The molecule has 0 atom stereocenters. The highest BCUT2D eigenvalue weighted by atomic mass is 19.1. The van der Waals surface area contributed by atoms with Crippen molar-refractivity contribution in [1.82, 2.24) is 10.2 Å². The number of nitrogens with one attached hydrogen (secondary N) is 2. The Bertz CT molecular complexity index is 621. The third kappa shape index (κ3) is 1.85. The number of aromatic nitrogens is 2. The van der Waals surface area contributed by atoms with Gasteiger partial charge in [-0.05, 0) is 25.0 Å². The largest absolute Gasteiger partial charge is 0.507 e. The van der Waals surface area contributed by atoms with Crippen LogP contribution < -0.4 is 5.32 Å². The number of halogens is 1. The van der Waals surface area contributed by atoms with Gasteiger partial charge < -0.3 is 10.4 Å². The zero-order valence-electron chi connectivity index (χ0n) is 10.8. The van der Waals surface area contributed by atoms with Crippen LogP contribution in [0.1, 0.15) is 24.6 Å². The van der Waals surface area contributed by atoms with Crippen LogP contribution in [-0.4, -0.2) is 21.8 Å². The highest BCUT2D eigenvalue weighted by Gasteiger charge is 2.24. The Balaban J connectivity index is 2.22. The first-order valence-electron chi connectivity index (χ1n) is 6.54. The second-order valence-corrected chi connectivity index (χ2v) is 4.77. The fraction of sp³-hybridized carbons (Fsp3) is 0.357. The van der Waals surface area contributed by atoms with Crippen molar-refractivity contribution < 1.29 is 9.50 Å². The van der Waals surface area contributed by atoms with Crippen LogP contribution in [0.4, 0.5) is 10.1 Å². The number of phenols is 1. The smallest absolute Gasteiger partial charge is 0.147 e. The van der Waals surface area contributed by atoms with Crippen molar-refractivity contribution in [3.63, 3.8) is 0 Å². The molecule has 2 aromatic rings. The molecule has 0 fully saturated rings. The Morgan fingerprint density at radius 1 is 1.42 bits per heavy atom. The first kappa shape index (κ1) is 12.0. The number of fused-ring (bicyclic) bond motifs is 3. The van der Waals surface area contributed by atoms with Crippen LogP contribution in [-0.2, 0) is 12.8 Å². The third-order valence-corrected chi connectivity index (χ3v) is 3.50. The molecule has 5 heteroatoms. The molecule has 1 aromatic heterocycles. The molecule has 0 unspecified atom stereocenters. The van der Waals surface area contributed by atoms with Crippen molar-refractivity contribution in [2.75, 3.05) is 11.9 Å². The quantitative estimate of drug-likeness (QED) is 0.779. The highest BCUT2D eigenvalue weighted by molar-refractivity contribution is 5.84. The number of aromatic hydroxyl groups is 1. The van der Waals surface area contributed by atoms with Gasteiger partial charge in [0.2, 0.25) is 0 Å². The van der Waals surface area contributed by atoms with Crippen molar-refractivity contribution in [2.24, 2.45) is 0 Å². The molecule has 0 bridgehead atoms. The van der Waals surface area contributed by atoms with Gasteiger partial charge in [-0.2, -0.15) is 5.10 Å². The summed E-state index contributed by atoms with van der Waals surface area (Å²) in [5.41, 5.74) is 3.63. The molecule has 0 radical (unpaired) electrons. The van der Waals surface area contributed by atoms with E-state index in [1.54, 1.807) is 0 Å². The van der Waals surface area contributed by atoms with Crippen molar-refractivity contribution in [3.8, 4) is 17.0 Å². The second kappa shape index (κ2) is 4.57. The maximum atomic E-state index is 13.9. The first-order chi connectivity index (χ1) is 9.22. The molecule has 0 saturated heterocycles. The van der Waals surface area contributed by atoms with Gasteiger partial charge in [-0.15, -0.1) is 0 Å². The Kier molecular flexibility index (Phi) is 2.89. The highest BCUT2D eigenvalue weighted by Crippen LogP contribution is 2.41. The second-order valence-electron chi connectivity index (χ2n) is 4.77. The zero-order valence-corrected chi connectivity index (χ0v) is 10.8. The van der Waals surface area contributed by atoms with Gasteiger partial charge in [0.1, 0.15) is 17.3 Å². The standard InChI is InChI=1S/C14H16FN3O/c1-2-3-10-8-6-7-16-14-9(15)4-5-11(19)12(14)13(8)18-17-10/h4-5,16,19H,2-3,6-7H2,1H3,(H,17,18). The van der Waals surface area contributed by atoms with Crippen molar-refractivity contribution in [1.29, 1.82) is 0 Å². The average Bonchev–Trinajstić information content (AvgIpc) is 2.68. The number of H-pyrrole nitrogens is 1. The van der Waals surface area contributed by atoms with E-state index in [9.17, 15) is 9.50 Å². The number of hydrogen-bond acceptors (Lipinski definition) is 3. The molecule has 0 aliphatic carbocycles. The summed E-state index contributed by atoms with van der Waals surface area (Å²) in [6, 6.07) is 2.64. The van der Waals surface area contributed by atoms with E-state index in [-0.39, 0.29) is 11.6 Å². The van der Waals surface area contributed by atoms with Crippen LogP contribution in [0.2, 0.25) is 0 Å². The number of benzene rings is 1. The van der Waals surface area contributed by atoms with Gasteiger partial charge >= 0.3 is 0 Å².